The Bertz CT molecular complexity index is 882. The van der Waals surface area contributed by atoms with Gasteiger partial charge in [-0.1, -0.05) is 35.3 Å². The molecule has 1 aliphatic carbocycles. The van der Waals surface area contributed by atoms with E-state index in [-0.39, 0.29) is 18.0 Å². The van der Waals surface area contributed by atoms with Crippen molar-refractivity contribution in [2.45, 2.75) is 25.2 Å². The molecule has 0 radical (unpaired) electrons. The van der Waals surface area contributed by atoms with Crippen LogP contribution < -0.4 is 10.1 Å². The van der Waals surface area contributed by atoms with Gasteiger partial charge in [-0.3, -0.25) is 9.69 Å². The zero-order chi connectivity index (χ0) is 20.4. The standard InChI is InChI=1S/C19H18Cl2F2N2O3/c1-25(18-12-6-10(20)7-13(21)11(12)8-15(18)26)9-17(27)24-14-4-2-3-5-16(14)28-19(22)23/h2-7,15,18-19,26H,8-9H2,1H3,(H,24,27)/t15-,18-/m1/s1. The summed E-state index contributed by atoms with van der Waals surface area (Å²) in [4.78, 5) is 14.1. The molecule has 2 atom stereocenters. The summed E-state index contributed by atoms with van der Waals surface area (Å²) >= 11 is 12.3. The van der Waals surface area contributed by atoms with Gasteiger partial charge in [0.2, 0.25) is 5.91 Å². The van der Waals surface area contributed by atoms with E-state index in [1.807, 2.05) is 0 Å². The lowest BCUT2D eigenvalue weighted by Crippen LogP contribution is -2.37. The summed E-state index contributed by atoms with van der Waals surface area (Å²) in [6.45, 7) is -3.09. The molecule has 2 N–H and O–H groups in total. The highest BCUT2D eigenvalue weighted by atomic mass is 35.5. The summed E-state index contributed by atoms with van der Waals surface area (Å²) in [5.74, 6) is -0.570. The molecule has 0 bridgehead atoms. The minimum Gasteiger partial charge on any atom is -0.433 e. The number of halogens is 4. The Morgan fingerprint density at radius 1 is 1.36 bits per heavy atom. The summed E-state index contributed by atoms with van der Waals surface area (Å²) in [7, 11) is 1.68. The van der Waals surface area contributed by atoms with Crippen molar-refractivity contribution in [1.82, 2.24) is 4.90 Å². The summed E-state index contributed by atoms with van der Waals surface area (Å²) < 4.78 is 29.4. The highest BCUT2D eigenvalue weighted by molar-refractivity contribution is 6.35. The van der Waals surface area contributed by atoms with Gasteiger partial charge in [0.15, 0.2) is 0 Å². The maximum absolute atomic E-state index is 12.5. The number of likely N-dealkylation sites (N-methyl/N-ethyl adjacent to an activating group) is 1. The van der Waals surface area contributed by atoms with Gasteiger partial charge in [0.25, 0.3) is 0 Å². The Balaban J connectivity index is 1.73. The fraction of sp³-hybridized carbons (Fsp3) is 0.316. The molecule has 150 valence electrons. The number of hydrogen-bond donors (Lipinski definition) is 2. The van der Waals surface area contributed by atoms with Crippen LogP contribution in [0, 0.1) is 0 Å². The number of aliphatic hydroxyl groups is 1. The van der Waals surface area contributed by atoms with Crippen LogP contribution in [0.4, 0.5) is 14.5 Å². The second-order valence-electron chi connectivity index (χ2n) is 6.51. The van der Waals surface area contributed by atoms with E-state index in [9.17, 15) is 18.7 Å². The van der Waals surface area contributed by atoms with Crippen LogP contribution in [0.2, 0.25) is 10.0 Å². The van der Waals surface area contributed by atoms with Crippen molar-refractivity contribution >= 4 is 34.8 Å². The van der Waals surface area contributed by atoms with Gasteiger partial charge in [-0.15, -0.1) is 0 Å². The van der Waals surface area contributed by atoms with Crippen molar-refractivity contribution in [3.63, 3.8) is 0 Å². The Morgan fingerprint density at radius 2 is 2.07 bits per heavy atom. The summed E-state index contributed by atoms with van der Waals surface area (Å²) in [5.41, 5.74) is 1.70. The molecule has 0 spiro atoms. The van der Waals surface area contributed by atoms with Crippen LogP contribution in [-0.4, -0.2) is 42.2 Å². The number of benzene rings is 2. The molecule has 2 aromatic carbocycles. The monoisotopic (exact) mass is 430 g/mol. The van der Waals surface area contributed by atoms with E-state index in [0.717, 1.165) is 11.1 Å². The summed E-state index contributed by atoms with van der Waals surface area (Å²) in [6, 6.07) is 8.80. The van der Waals surface area contributed by atoms with Crippen molar-refractivity contribution < 1.29 is 23.4 Å². The third-order valence-electron chi connectivity index (χ3n) is 4.54. The normalized spacial score (nSPS) is 18.4. The van der Waals surface area contributed by atoms with E-state index in [4.69, 9.17) is 23.2 Å². The number of carbonyl (C=O) groups is 1. The van der Waals surface area contributed by atoms with Crippen LogP contribution in [0.1, 0.15) is 17.2 Å². The third kappa shape index (κ3) is 4.55. The number of hydrogen-bond acceptors (Lipinski definition) is 4. The first-order valence-electron chi connectivity index (χ1n) is 8.46. The number of aliphatic hydroxyl groups excluding tert-OH is 1. The summed E-state index contributed by atoms with van der Waals surface area (Å²) in [5, 5.41) is 13.9. The number of amides is 1. The molecule has 2 aromatic rings. The molecule has 0 unspecified atom stereocenters. The van der Waals surface area contributed by atoms with E-state index < -0.39 is 24.7 Å². The van der Waals surface area contributed by atoms with E-state index in [0.29, 0.717) is 16.5 Å². The smallest absolute Gasteiger partial charge is 0.387 e. The molecule has 1 aliphatic rings. The molecule has 0 saturated carbocycles. The average molecular weight is 431 g/mol. The first-order valence-corrected chi connectivity index (χ1v) is 9.21. The van der Waals surface area contributed by atoms with Gasteiger partial charge in [-0.25, -0.2) is 0 Å². The van der Waals surface area contributed by atoms with Crippen LogP contribution in [0.25, 0.3) is 0 Å². The number of ether oxygens (including phenoxy) is 1. The molecule has 1 amide bonds. The van der Waals surface area contributed by atoms with Crippen molar-refractivity contribution in [2.75, 3.05) is 18.9 Å². The first kappa shape index (κ1) is 20.8. The number of alkyl halides is 2. The van der Waals surface area contributed by atoms with Crippen molar-refractivity contribution in [1.29, 1.82) is 0 Å². The average Bonchev–Trinajstić information content (AvgIpc) is 2.92. The van der Waals surface area contributed by atoms with Crippen molar-refractivity contribution in [3.8, 4) is 5.75 Å². The maximum Gasteiger partial charge on any atom is 0.387 e. The summed E-state index contributed by atoms with van der Waals surface area (Å²) in [6.07, 6.45) is -0.397. The number of para-hydroxylation sites is 2. The number of fused-ring (bicyclic) bond motifs is 1. The zero-order valence-corrected chi connectivity index (χ0v) is 16.3. The van der Waals surface area contributed by atoms with Gasteiger partial charge in [0.05, 0.1) is 24.4 Å². The molecule has 3 rings (SSSR count). The highest BCUT2D eigenvalue weighted by Crippen LogP contribution is 2.40. The second-order valence-corrected chi connectivity index (χ2v) is 7.35. The topological polar surface area (TPSA) is 61.8 Å². The van der Waals surface area contributed by atoms with Gasteiger partial charge >= 0.3 is 6.61 Å². The lowest BCUT2D eigenvalue weighted by Gasteiger charge is -2.27. The number of rotatable bonds is 6. The number of carbonyl (C=O) groups excluding carboxylic acids is 1. The fourth-order valence-electron chi connectivity index (χ4n) is 3.45. The number of nitrogens with one attached hydrogen (secondary N) is 1. The minimum atomic E-state index is -3.00. The van der Waals surface area contributed by atoms with Crippen LogP contribution in [0.3, 0.4) is 0 Å². The Morgan fingerprint density at radius 3 is 2.79 bits per heavy atom. The van der Waals surface area contributed by atoms with E-state index in [1.165, 1.54) is 18.2 Å². The zero-order valence-electron chi connectivity index (χ0n) is 14.8. The van der Waals surface area contributed by atoms with Gasteiger partial charge in [-0.2, -0.15) is 8.78 Å². The second kappa shape index (κ2) is 8.61. The molecular weight excluding hydrogens is 413 g/mol. The first-order chi connectivity index (χ1) is 13.3. The molecule has 0 fully saturated rings. The SMILES string of the molecule is CN(CC(=O)Nc1ccccc1OC(F)F)[C@@H]1c2cc(Cl)cc(Cl)c2C[C@H]1O. The molecule has 5 nitrogen and oxygen atoms in total. The Labute approximate surface area is 170 Å². The van der Waals surface area contributed by atoms with Crippen molar-refractivity contribution in [3.05, 3.63) is 57.6 Å². The predicted molar refractivity (Wildman–Crippen MR) is 103 cm³/mol. The van der Waals surface area contributed by atoms with E-state index >= 15 is 0 Å². The van der Waals surface area contributed by atoms with E-state index in [2.05, 4.69) is 10.1 Å². The van der Waals surface area contributed by atoms with Crippen LogP contribution in [-0.2, 0) is 11.2 Å². The largest absolute Gasteiger partial charge is 0.433 e. The van der Waals surface area contributed by atoms with Crippen LogP contribution in [0.5, 0.6) is 5.75 Å². The molecule has 28 heavy (non-hydrogen) atoms. The van der Waals surface area contributed by atoms with Crippen LogP contribution in [0.15, 0.2) is 36.4 Å². The van der Waals surface area contributed by atoms with Gasteiger partial charge in [0.1, 0.15) is 5.75 Å². The number of nitrogens with zero attached hydrogens (tertiary/aromatic N) is 1. The van der Waals surface area contributed by atoms with Crippen LogP contribution >= 0.6 is 23.2 Å². The molecule has 0 aliphatic heterocycles. The lowest BCUT2D eigenvalue weighted by atomic mass is 10.1. The fourth-order valence-corrected chi connectivity index (χ4v) is 4.03. The van der Waals surface area contributed by atoms with Crippen molar-refractivity contribution in [2.24, 2.45) is 0 Å². The maximum atomic E-state index is 12.5. The quantitative estimate of drug-likeness (QED) is 0.723. The minimum absolute atomic E-state index is 0.0890. The predicted octanol–water partition coefficient (Wildman–Crippen LogP) is 4.12. The van der Waals surface area contributed by atoms with Gasteiger partial charge in [0, 0.05) is 16.5 Å². The van der Waals surface area contributed by atoms with Gasteiger partial charge in [-0.05, 0) is 42.4 Å². The van der Waals surface area contributed by atoms with Gasteiger partial charge < -0.3 is 15.2 Å². The lowest BCUT2D eigenvalue weighted by molar-refractivity contribution is -0.118. The molecule has 0 heterocycles. The number of anilines is 1. The molecule has 0 saturated heterocycles. The van der Waals surface area contributed by atoms with E-state index in [1.54, 1.807) is 30.1 Å². The Kier molecular flexibility index (Phi) is 6.40. The third-order valence-corrected chi connectivity index (χ3v) is 5.09. The molecular formula is C19H18Cl2F2N2O3. The molecule has 9 heteroatoms. The Hall–Kier alpha value is -1.93. The highest BCUT2D eigenvalue weighted by Gasteiger charge is 2.36. The molecule has 0 aromatic heterocycles.